The molecule has 0 bridgehead atoms. The minimum atomic E-state index is -0.0775. The number of rotatable bonds is 2. The average molecular weight is 285 g/mol. The first-order valence-electron chi connectivity index (χ1n) is 7.70. The molecule has 110 valence electrons. The fourth-order valence-corrected chi connectivity index (χ4v) is 3.26. The Hall–Kier alpha value is -1.88. The van der Waals surface area contributed by atoms with Crippen molar-refractivity contribution in [2.45, 2.75) is 37.6 Å². The van der Waals surface area contributed by atoms with Crippen LogP contribution >= 0.6 is 0 Å². The predicted molar refractivity (Wildman–Crippen MR) is 77.3 cm³/mol. The van der Waals surface area contributed by atoms with Gasteiger partial charge in [-0.05, 0) is 18.9 Å². The summed E-state index contributed by atoms with van der Waals surface area (Å²) in [6, 6.07) is 7.96. The maximum absolute atomic E-state index is 5.75. The van der Waals surface area contributed by atoms with E-state index in [0.29, 0.717) is 18.4 Å². The Bertz CT molecular complexity index is 619. The largest absolute Gasteiger partial charge is 0.492 e. The number of nitrogens with one attached hydrogen (secondary N) is 1. The fraction of sp³-hybridized carbons (Fsp3) is 0.500. The molecule has 2 aliphatic rings. The van der Waals surface area contributed by atoms with Gasteiger partial charge >= 0.3 is 0 Å². The summed E-state index contributed by atoms with van der Waals surface area (Å²) in [5.74, 6) is 2.88. The minimum Gasteiger partial charge on any atom is -0.492 e. The van der Waals surface area contributed by atoms with E-state index in [2.05, 4.69) is 21.5 Å². The Labute approximate surface area is 123 Å². The van der Waals surface area contributed by atoms with E-state index >= 15 is 0 Å². The van der Waals surface area contributed by atoms with Crippen molar-refractivity contribution in [2.24, 2.45) is 0 Å². The first kappa shape index (κ1) is 12.8. The van der Waals surface area contributed by atoms with E-state index in [9.17, 15) is 0 Å². The van der Waals surface area contributed by atoms with Crippen LogP contribution in [0.25, 0.3) is 0 Å². The van der Waals surface area contributed by atoms with Gasteiger partial charge < -0.3 is 9.26 Å². The molecule has 21 heavy (non-hydrogen) atoms. The molecule has 5 nitrogen and oxygen atoms in total. The molecule has 2 aromatic rings. The lowest BCUT2D eigenvalue weighted by Crippen LogP contribution is -2.24. The third-order valence-corrected chi connectivity index (χ3v) is 4.36. The molecule has 1 aromatic carbocycles. The van der Waals surface area contributed by atoms with Crippen LogP contribution in [0, 0.1) is 0 Å². The molecule has 0 saturated heterocycles. The fourth-order valence-electron chi connectivity index (χ4n) is 3.26. The molecule has 0 spiro atoms. The van der Waals surface area contributed by atoms with Crippen molar-refractivity contribution in [1.29, 1.82) is 0 Å². The first-order chi connectivity index (χ1) is 10.4. The van der Waals surface area contributed by atoms with Crippen molar-refractivity contribution in [3.63, 3.8) is 0 Å². The molecule has 0 amide bonds. The van der Waals surface area contributed by atoms with Gasteiger partial charge in [0.2, 0.25) is 5.89 Å². The van der Waals surface area contributed by atoms with Crippen LogP contribution < -0.4 is 10.1 Å². The number of fused-ring (bicyclic) bond motifs is 1. The summed E-state index contributed by atoms with van der Waals surface area (Å²) in [7, 11) is 0. The van der Waals surface area contributed by atoms with Gasteiger partial charge in [0.1, 0.15) is 18.4 Å². The number of benzene rings is 1. The van der Waals surface area contributed by atoms with Gasteiger partial charge in [-0.15, -0.1) is 0 Å². The lowest BCUT2D eigenvalue weighted by Gasteiger charge is -2.13. The van der Waals surface area contributed by atoms with Crippen molar-refractivity contribution in [2.75, 3.05) is 13.2 Å². The monoisotopic (exact) mass is 285 g/mol. The van der Waals surface area contributed by atoms with Crippen LogP contribution in [0.15, 0.2) is 28.8 Å². The van der Waals surface area contributed by atoms with Gasteiger partial charge in [0.25, 0.3) is 0 Å². The topological polar surface area (TPSA) is 60.2 Å². The van der Waals surface area contributed by atoms with Crippen LogP contribution in [0.1, 0.15) is 54.9 Å². The minimum absolute atomic E-state index is 0.0775. The summed E-state index contributed by atoms with van der Waals surface area (Å²) in [6.45, 7) is 1.41. The highest BCUT2D eigenvalue weighted by atomic mass is 16.5. The van der Waals surface area contributed by atoms with E-state index in [1.54, 1.807) is 0 Å². The van der Waals surface area contributed by atoms with Crippen LogP contribution in [0.2, 0.25) is 0 Å². The highest BCUT2D eigenvalue weighted by molar-refractivity contribution is 5.39. The summed E-state index contributed by atoms with van der Waals surface area (Å²) in [4.78, 5) is 4.66. The molecule has 2 heterocycles. The number of ether oxygens (including phenoxy) is 1. The average Bonchev–Trinajstić information content (AvgIpc) is 3.15. The zero-order chi connectivity index (χ0) is 14.1. The van der Waals surface area contributed by atoms with Gasteiger partial charge in [-0.3, -0.25) is 5.32 Å². The summed E-state index contributed by atoms with van der Waals surface area (Å²) in [5.41, 5.74) is 1.07. The Morgan fingerprint density at radius 1 is 1.14 bits per heavy atom. The molecule has 0 radical (unpaired) electrons. The van der Waals surface area contributed by atoms with Crippen LogP contribution in [-0.4, -0.2) is 23.3 Å². The molecule has 1 atom stereocenters. The molecule has 1 aromatic heterocycles. The van der Waals surface area contributed by atoms with Gasteiger partial charge in [0, 0.05) is 18.0 Å². The smallest absolute Gasteiger partial charge is 0.248 e. The number of hydrogen-bond acceptors (Lipinski definition) is 5. The van der Waals surface area contributed by atoms with E-state index in [4.69, 9.17) is 9.26 Å². The van der Waals surface area contributed by atoms with Gasteiger partial charge in [0.05, 0.1) is 0 Å². The highest BCUT2D eigenvalue weighted by Crippen LogP contribution is 2.35. The molecule has 1 unspecified atom stereocenters. The maximum Gasteiger partial charge on any atom is 0.248 e. The van der Waals surface area contributed by atoms with Gasteiger partial charge in [-0.25, -0.2) is 0 Å². The summed E-state index contributed by atoms with van der Waals surface area (Å²) in [6.07, 6.45) is 4.90. The Morgan fingerprint density at radius 2 is 2.00 bits per heavy atom. The van der Waals surface area contributed by atoms with E-state index in [1.165, 1.54) is 25.7 Å². The molecule has 1 aliphatic heterocycles. The maximum atomic E-state index is 5.75. The van der Waals surface area contributed by atoms with E-state index < -0.39 is 0 Å². The second-order valence-corrected chi connectivity index (χ2v) is 5.75. The van der Waals surface area contributed by atoms with E-state index in [0.717, 1.165) is 23.7 Å². The van der Waals surface area contributed by atoms with Crippen LogP contribution in [0.3, 0.4) is 0 Å². The normalized spacial score (nSPS) is 22.6. The standard InChI is InChI=1S/C16H19N3O2/c1-2-6-11(5-1)15-18-16(21-19-15)14-12-7-3-4-8-13(12)20-10-9-17-14/h3-4,7-8,11,14,17H,1-2,5-6,9-10H2. The Kier molecular flexibility index (Phi) is 3.35. The second-order valence-electron chi connectivity index (χ2n) is 5.75. The van der Waals surface area contributed by atoms with Crippen LogP contribution in [0.5, 0.6) is 5.75 Å². The lowest BCUT2D eigenvalue weighted by atomic mass is 10.1. The third kappa shape index (κ3) is 2.42. The predicted octanol–water partition coefficient (Wildman–Crippen LogP) is 2.80. The number of para-hydroxylation sites is 1. The van der Waals surface area contributed by atoms with E-state index in [-0.39, 0.29) is 6.04 Å². The molecule has 1 aliphatic carbocycles. The summed E-state index contributed by atoms with van der Waals surface area (Å²) < 4.78 is 11.3. The summed E-state index contributed by atoms with van der Waals surface area (Å²) in [5, 5.41) is 7.65. The zero-order valence-electron chi connectivity index (χ0n) is 11.9. The van der Waals surface area contributed by atoms with Crippen molar-refractivity contribution in [1.82, 2.24) is 15.5 Å². The molecule has 1 saturated carbocycles. The zero-order valence-corrected chi connectivity index (χ0v) is 11.9. The molecule has 5 heteroatoms. The van der Waals surface area contributed by atoms with Gasteiger partial charge in [0.15, 0.2) is 5.82 Å². The lowest BCUT2D eigenvalue weighted by molar-refractivity contribution is 0.319. The molecule has 1 fully saturated rings. The highest BCUT2D eigenvalue weighted by Gasteiger charge is 2.28. The van der Waals surface area contributed by atoms with Crippen LogP contribution in [-0.2, 0) is 0 Å². The van der Waals surface area contributed by atoms with Gasteiger partial charge in [-0.2, -0.15) is 4.98 Å². The molecular weight excluding hydrogens is 266 g/mol. The molecule has 4 rings (SSSR count). The number of aromatic nitrogens is 2. The number of hydrogen-bond donors (Lipinski definition) is 1. The summed E-state index contributed by atoms with van der Waals surface area (Å²) >= 11 is 0. The quantitative estimate of drug-likeness (QED) is 0.919. The Balaban J connectivity index is 1.66. The van der Waals surface area contributed by atoms with Crippen molar-refractivity contribution in [3.8, 4) is 5.75 Å². The van der Waals surface area contributed by atoms with E-state index in [1.807, 2.05) is 18.2 Å². The van der Waals surface area contributed by atoms with Crippen molar-refractivity contribution in [3.05, 3.63) is 41.5 Å². The molecule has 1 N–H and O–H groups in total. The SMILES string of the molecule is c1ccc2c(c1)OCCNC2c1nc(C2CCCC2)no1. The number of nitrogens with zero attached hydrogens (tertiary/aromatic N) is 2. The van der Waals surface area contributed by atoms with Crippen LogP contribution in [0.4, 0.5) is 0 Å². The first-order valence-corrected chi connectivity index (χ1v) is 7.70. The third-order valence-electron chi connectivity index (χ3n) is 4.36. The Morgan fingerprint density at radius 3 is 2.90 bits per heavy atom. The van der Waals surface area contributed by atoms with Crippen molar-refractivity contribution >= 4 is 0 Å². The van der Waals surface area contributed by atoms with Crippen molar-refractivity contribution < 1.29 is 9.26 Å². The second kappa shape index (κ2) is 5.48. The van der Waals surface area contributed by atoms with Gasteiger partial charge in [-0.1, -0.05) is 36.2 Å². The molecular formula is C16H19N3O2.